The van der Waals surface area contributed by atoms with Crippen molar-refractivity contribution in [3.63, 3.8) is 0 Å². The summed E-state index contributed by atoms with van der Waals surface area (Å²) >= 11 is 2.45. The van der Waals surface area contributed by atoms with Crippen molar-refractivity contribution < 1.29 is 42.0 Å². The van der Waals surface area contributed by atoms with Crippen LogP contribution in [0.15, 0.2) is 36.7 Å². The summed E-state index contributed by atoms with van der Waals surface area (Å²) in [6.07, 6.45) is 3.19. The van der Waals surface area contributed by atoms with Gasteiger partial charge < -0.3 is 23.1 Å². The zero-order valence-corrected chi connectivity index (χ0v) is 14.4. The molecule has 0 saturated heterocycles. The van der Waals surface area contributed by atoms with Crippen LogP contribution in [0.25, 0.3) is 0 Å². The van der Waals surface area contributed by atoms with E-state index in [1.54, 1.807) is 29.4 Å². The number of aromatic nitrogens is 1. The van der Waals surface area contributed by atoms with Crippen LogP contribution in [-0.2, 0) is 0 Å². The van der Waals surface area contributed by atoms with Crippen LogP contribution in [0, 0.1) is 14.8 Å². The molecule has 0 saturated carbocycles. The molecule has 0 unspecified atom stereocenters. The van der Waals surface area contributed by atoms with Gasteiger partial charge in [0, 0.05) is 11.8 Å². The highest BCUT2D eigenvalue weighted by atomic mass is 80.0. The normalized spacial score (nSPS) is 12.8. The second kappa shape index (κ2) is 8.27. The van der Waals surface area contributed by atoms with Gasteiger partial charge in [0.25, 0.3) is 5.91 Å². The molecule has 2 N–H and O–H groups in total. The Kier molecular flexibility index (Phi) is 6.35. The summed E-state index contributed by atoms with van der Waals surface area (Å²) in [5.74, 6) is 0.342. The van der Waals surface area contributed by atoms with E-state index in [2.05, 4.69) is 4.98 Å². The summed E-state index contributed by atoms with van der Waals surface area (Å²) in [7, 11) is 0. The number of phenols is 1. The largest absolute Gasteiger partial charge is 0.506 e. The topological polar surface area (TPSA) is 129 Å². The molecule has 0 aliphatic carbocycles. The lowest BCUT2D eigenvalue weighted by Crippen LogP contribution is -2.38. The number of rotatable bonds is 1. The molecule has 3 rings (SSSR count). The Balaban J connectivity index is 0.000000471. The first-order valence-electron chi connectivity index (χ1n) is 6.52. The lowest BCUT2D eigenvalue weighted by atomic mass is 10.1. The lowest BCUT2D eigenvalue weighted by molar-refractivity contribution is -1.63. The molecule has 128 valence electrons. The molecule has 8 nitrogen and oxygen atoms in total. The van der Waals surface area contributed by atoms with Crippen molar-refractivity contribution in [3.05, 3.63) is 47.2 Å². The molecule has 2 aromatic rings. The fraction of sp³-hybridized carbons (Fsp3) is 0.143. The average Bonchev–Trinajstić information content (AvgIpc) is 2.56. The van der Waals surface area contributed by atoms with Crippen LogP contribution in [0.4, 0.5) is 5.69 Å². The number of amides is 1. The van der Waals surface area contributed by atoms with E-state index >= 15 is 0 Å². The number of anilines is 1. The SMILES string of the molecule is O=C(c1ccc(O)c(Cl)c1)N1CCOc2cnccc21.[O-][Br+2]([O-])O. The summed E-state index contributed by atoms with van der Waals surface area (Å²) in [6, 6.07) is 6.13. The second-order valence-corrected chi connectivity index (χ2v) is 5.77. The molecule has 10 heteroatoms. The lowest BCUT2D eigenvalue weighted by Gasteiger charge is -2.29. The maximum Gasteiger partial charge on any atom is 0.433 e. The fourth-order valence-corrected chi connectivity index (χ4v) is 2.26. The molecular weight excluding hydrogens is 408 g/mol. The molecule has 1 aliphatic heterocycles. The molecule has 1 aromatic carbocycles. The zero-order chi connectivity index (χ0) is 17.7. The minimum absolute atomic E-state index is 0.0465. The maximum atomic E-state index is 12.5. The highest BCUT2D eigenvalue weighted by Gasteiger charge is 2.25. The average molecular weight is 420 g/mol. The summed E-state index contributed by atoms with van der Waals surface area (Å²) in [5, 5.41) is 9.56. The van der Waals surface area contributed by atoms with Crippen LogP contribution < -0.4 is 18.0 Å². The highest BCUT2D eigenvalue weighted by Crippen LogP contribution is 2.32. The molecule has 1 amide bonds. The van der Waals surface area contributed by atoms with E-state index in [4.69, 9.17) is 28.9 Å². The number of phenolic OH excluding ortho intramolecular Hbond substituents is 1. The first-order valence-corrected chi connectivity index (χ1v) is 8.90. The van der Waals surface area contributed by atoms with Gasteiger partial charge in [0.05, 0.1) is 23.5 Å². The van der Waals surface area contributed by atoms with Crippen molar-refractivity contribution in [2.24, 2.45) is 0 Å². The van der Waals surface area contributed by atoms with E-state index in [-0.39, 0.29) is 16.7 Å². The highest BCUT2D eigenvalue weighted by molar-refractivity contribution is 6.32. The smallest absolute Gasteiger partial charge is 0.433 e. The third-order valence-corrected chi connectivity index (χ3v) is 3.37. The van der Waals surface area contributed by atoms with E-state index in [0.717, 1.165) is 0 Å². The van der Waals surface area contributed by atoms with Gasteiger partial charge in [0.15, 0.2) is 5.75 Å². The number of pyridine rings is 1. The number of carbonyl (C=O) groups is 1. The number of nitrogens with zero attached hydrogens (tertiary/aromatic N) is 2. The summed E-state index contributed by atoms with van der Waals surface area (Å²) in [6.45, 7) is 0.866. The van der Waals surface area contributed by atoms with E-state index < -0.39 is 14.8 Å². The molecule has 0 spiro atoms. The maximum absolute atomic E-state index is 12.5. The van der Waals surface area contributed by atoms with Crippen LogP contribution in [-0.4, -0.2) is 33.3 Å². The van der Waals surface area contributed by atoms with Gasteiger partial charge in [0.2, 0.25) is 0 Å². The van der Waals surface area contributed by atoms with Crippen molar-refractivity contribution in [1.29, 1.82) is 0 Å². The Bertz CT molecular complexity index is 727. The molecular formula is C14H12BrClN2O6. The van der Waals surface area contributed by atoms with Crippen LogP contribution in [0.2, 0.25) is 5.02 Å². The molecule has 1 aromatic heterocycles. The van der Waals surface area contributed by atoms with Crippen molar-refractivity contribution >= 4 is 23.2 Å². The summed E-state index contributed by atoms with van der Waals surface area (Å²) in [5.41, 5.74) is 1.10. The number of hydrogen-bond donors (Lipinski definition) is 2. The number of benzene rings is 1. The first-order chi connectivity index (χ1) is 11.4. The Hall–Kier alpha value is -1.91. The van der Waals surface area contributed by atoms with Gasteiger partial charge >= 0.3 is 14.8 Å². The van der Waals surface area contributed by atoms with Crippen molar-refractivity contribution in [2.45, 2.75) is 0 Å². The summed E-state index contributed by atoms with van der Waals surface area (Å²) in [4.78, 5) is 18.1. The fourth-order valence-electron chi connectivity index (χ4n) is 2.08. The number of fused-ring (bicyclic) bond motifs is 1. The summed E-state index contributed by atoms with van der Waals surface area (Å²) < 4.78 is 29.8. The van der Waals surface area contributed by atoms with Gasteiger partial charge in [0.1, 0.15) is 12.4 Å². The van der Waals surface area contributed by atoms with Crippen LogP contribution in [0.5, 0.6) is 11.5 Å². The Morgan fingerprint density at radius 2 is 2.08 bits per heavy atom. The molecule has 0 bridgehead atoms. The van der Waals surface area contributed by atoms with Crippen LogP contribution >= 0.6 is 11.6 Å². The van der Waals surface area contributed by atoms with E-state index in [1.165, 1.54) is 12.1 Å². The molecule has 0 radical (unpaired) electrons. The molecule has 0 atom stereocenters. The van der Waals surface area contributed by atoms with Gasteiger partial charge in [-0.1, -0.05) is 11.6 Å². The van der Waals surface area contributed by atoms with Gasteiger partial charge in [-0.15, -0.1) is 0 Å². The van der Waals surface area contributed by atoms with Gasteiger partial charge in [-0.2, -0.15) is 0 Å². The Morgan fingerprint density at radius 3 is 2.75 bits per heavy atom. The predicted octanol–water partition coefficient (Wildman–Crippen LogP) is -0.455. The minimum atomic E-state index is -3.40. The number of hydrogen-bond acceptors (Lipinski definition) is 7. The van der Waals surface area contributed by atoms with E-state index in [1.807, 2.05) is 0 Å². The predicted molar refractivity (Wildman–Crippen MR) is 76.7 cm³/mol. The monoisotopic (exact) mass is 418 g/mol. The Morgan fingerprint density at radius 1 is 1.38 bits per heavy atom. The minimum Gasteiger partial charge on any atom is -0.506 e. The number of carbonyl (C=O) groups excluding carboxylic acids is 1. The molecule has 0 fully saturated rings. The first kappa shape index (κ1) is 18.4. The zero-order valence-electron chi connectivity index (χ0n) is 12.1. The third kappa shape index (κ3) is 4.56. The molecule has 1 aliphatic rings. The quantitative estimate of drug-likeness (QED) is 0.640. The van der Waals surface area contributed by atoms with Gasteiger partial charge in [-0.05, 0) is 28.5 Å². The number of halogens is 2. The van der Waals surface area contributed by atoms with Crippen LogP contribution in [0.3, 0.4) is 0 Å². The molecule has 2 heterocycles. The number of aromatic hydroxyl groups is 1. The van der Waals surface area contributed by atoms with Crippen LogP contribution in [0.1, 0.15) is 10.4 Å². The number of ether oxygens (including phenoxy) is 1. The standard InChI is InChI=1S/C14H11ClN2O3.BrHO3/c15-10-7-9(1-2-12(10)18)14(19)17-5-6-20-13-8-16-4-3-11(13)17;2-1(3)4/h1-4,7-8,18H,5-6H2;2H. The van der Waals surface area contributed by atoms with E-state index in [0.29, 0.717) is 30.2 Å². The Labute approximate surface area is 147 Å². The van der Waals surface area contributed by atoms with Gasteiger partial charge in [-0.25, -0.2) is 0 Å². The van der Waals surface area contributed by atoms with Gasteiger partial charge in [-0.3, -0.25) is 9.78 Å². The second-order valence-electron chi connectivity index (χ2n) is 4.52. The van der Waals surface area contributed by atoms with Crippen molar-refractivity contribution in [3.8, 4) is 11.5 Å². The molecule has 24 heavy (non-hydrogen) atoms. The van der Waals surface area contributed by atoms with Crippen molar-refractivity contribution in [1.82, 2.24) is 4.98 Å². The van der Waals surface area contributed by atoms with Crippen molar-refractivity contribution in [2.75, 3.05) is 18.1 Å². The van der Waals surface area contributed by atoms with E-state index in [9.17, 15) is 9.90 Å². The third-order valence-electron chi connectivity index (χ3n) is 3.07.